The van der Waals surface area contributed by atoms with Crippen molar-refractivity contribution in [1.82, 2.24) is 10.3 Å². The standard InChI is InChI=1S/C31H33N3O4/c1-6-8-10-23(7-2)29-20(4)28(35)25-16-19(3)15-24(30(25)38-29)21(5)34-26-11-9-13-32-27(26)31(36)33-17-22-12-14-37-18-22/h1,7-11,13,15-16,21-22,34H,12,14,17-18H2,2-5H3,(H,33,36)/b10-8-,23-7+/t21?,22-/m1/s1. The molecule has 1 saturated heterocycles. The highest BCUT2D eigenvalue weighted by molar-refractivity contribution is 5.97. The monoisotopic (exact) mass is 511 g/mol. The average Bonchev–Trinajstić information content (AvgIpc) is 3.44. The highest BCUT2D eigenvalue weighted by atomic mass is 16.5. The molecule has 38 heavy (non-hydrogen) atoms. The summed E-state index contributed by atoms with van der Waals surface area (Å²) in [4.78, 5) is 30.7. The molecule has 3 heterocycles. The van der Waals surface area contributed by atoms with Gasteiger partial charge in [-0.25, -0.2) is 4.98 Å². The van der Waals surface area contributed by atoms with Crippen molar-refractivity contribution < 1.29 is 13.9 Å². The summed E-state index contributed by atoms with van der Waals surface area (Å²) < 4.78 is 11.8. The van der Waals surface area contributed by atoms with Gasteiger partial charge >= 0.3 is 0 Å². The minimum atomic E-state index is -0.301. The molecule has 2 N–H and O–H groups in total. The maximum Gasteiger partial charge on any atom is 0.272 e. The van der Waals surface area contributed by atoms with Gasteiger partial charge in [0.2, 0.25) is 0 Å². The lowest BCUT2D eigenvalue weighted by molar-refractivity contribution is 0.0941. The summed E-state index contributed by atoms with van der Waals surface area (Å²) in [5.41, 5.74) is 4.28. The molecule has 1 aliphatic rings. The number of aromatic nitrogens is 1. The van der Waals surface area contributed by atoms with E-state index < -0.39 is 0 Å². The third kappa shape index (κ3) is 5.71. The van der Waals surface area contributed by atoms with Gasteiger partial charge in [-0.2, -0.15) is 0 Å². The fourth-order valence-electron chi connectivity index (χ4n) is 4.68. The average molecular weight is 512 g/mol. The zero-order valence-corrected chi connectivity index (χ0v) is 22.3. The van der Waals surface area contributed by atoms with E-state index in [0.29, 0.717) is 52.7 Å². The molecule has 196 valence electrons. The van der Waals surface area contributed by atoms with E-state index in [0.717, 1.165) is 29.7 Å². The molecule has 7 heteroatoms. The number of amides is 1. The van der Waals surface area contributed by atoms with Crippen LogP contribution in [0.25, 0.3) is 16.5 Å². The van der Waals surface area contributed by atoms with Crippen LogP contribution in [0.1, 0.15) is 59.2 Å². The van der Waals surface area contributed by atoms with Gasteiger partial charge in [-0.05, 0) is 70.0 Å². The van der Waals surface area contributed by atoms with Crippen LogP contribution >= 0.6 is 0 Å². The number of nitrogens with one attached hydrogen (secondary N) is 2. The van der Waals surface area contributed by atoms with E-state index in [-0.39, 0.29) is 17.4 Å². The van der Waals surface area contributed by atoms with E-state index in [2.05, 4.69) is 21.5 Å². The maximum absolute atomic E-state index is 13.4. The van der Waals surface area contributed by atoms with Gasteiger partial charge in [0, 0.05) is 42.0 Å². The van der Waals surface area contributed by atoms with Crippen molar-refractivity contribution in [1.29, 1.82) is 0 Å². The van der Waals surface area contributed by atoms with E-state index in [1.54, 1.807) is 31.3 Å². The Kier molecular flexibility index (Phi) is 8.45. The summed E-state index contributed by atoms with van der Waals surface area (Å²) in [6.07, 6.45) is 13.1. The second kappa shape index (κ2) is 11.9. The number of aryl methyl sites for hydroxylation is 1. The van der Waals surface area contributed by atoms with Gasteiger partial charge in [0.15, 0.2) is 11.1 Å². The Morgan fingerprint density at radius 2 is 2.16 bits per heavy atom. The number of anilines is 1. The van der Waals surface area contributed by atoms with Crippen LogP contribution in [0, 0.1) is 32.1 Å². The Bertz CT molecular complexity index is 1500. The Hall–Kier alpha value is -4.15. The number of ether oxygens (including phenoxy) is 1. The second-order valence-electron chi connectivity index (χ2n) is 9.57. The van der Waals surface area contributed by atoms with Gasteiger partial charge in [0.25, 0.3) is 5.91 Å². The first-order chi connectivity index (χ1) is 18.3. The van der Waals surface area contributed by atoms with Crippen LogP contribution in [0.2, 0.25) is 0 Å². The summed E-state index contributed by atoms with van der Waals surface area (Å²) in [7, 11) is 0. The van der Waals surface area contributed by atoms with Gasteiger partial charge < -0.3 is 19.8 Å². The van der Waals surface area contributed by atoms with Crippen molar-refractivity contribution in [3.05, 3.63) is 87.1 Å². The molecule has 0 spiro atoms. The number of rotatable bonds is 8. The molecular formula is C31H33N3O4. The number of benzene rings is 1. The molecular weight excluding hydrogens is 478 g/mol. The van der Waals surface area contributed by atoms with Crippen molar-refractivity contribution >= 4 is 28.1 Å². The topological polar surface area (TPSA) is 93.5 Å². The quantitative estimate of drug-likeness (QED) is 0.313. The number of allylic oxidation sites excluding steroid dienone is 4. The van der Waals surface area contributed by atoms with Crippen LogP contribution in [-0.4, -0.2) is 30.6 Å². The van der Waals surface area contributed by atoms with Gasteiger partial charge in [-0.3, -0.25) is 9.59 Å². The third-order valence-electron chi connectivity index (χ3n) is 6.76. The van der Waals surface area contributed by atoms with Gasteiger partial charge in [-0.1, -0.05) is 18.1 Å². The van der Waals surface area contributed by atoms with E-state index in [1.807, 2.05) is 45.0 Å². The van der Waals surface area contributed by atoms with Crippen molar-refractivity contribution in [3.8, 4) is 12.3 Å². The lowest BCUT2D eigenvalue weighted by Gasteiger charge is -2.20. The number of nitrogens with zero attached hydrogens (tertiary/aromatic N) is 1. The number of carbonyl (C=O) groups excluding carboxylic acids is 1. The minimum Gasteiger partial charge on any atom is -0.455 e. The van der Waals surface area contributed by atoms with Gasteiger partial charge in [-0.15, -0.1) is 6.42 Å². The Balaban J connectivity index is 1.70. The van der Waals surface area contributed by atoms with E-state index in [9.17, 15) is 9.59 Å². The van der Waals surface area contributed by atoms with Crippen LogP contribution in [0.3, 0.4) is 0 Å². The molecule has 1 aliphatic heterocycles. The largest absolute Gasteiger partial charge is 0.455 e. The van der Waals surface area contributed by atoms with Crippen molar-refractivity contribution in [2.24, 2.45) is 5.92 Å². The molecule has 3 aromatic rings. The zero-order chi connectivity index (χ0) is 27.2. The minimum absolute atomic E-state index is 0.0933. The lowest BCUT2D eigenvalue weighted by Crippen LogP contribution is -2.30. The predicted molar refractivity (Wildman–Crippen MR) is 151 cm³/mol. The number of pyridine rings is 1. The van der Waals surface area contributed by atoms with E-state index >= 15 is 0 Å². The van der Waals surface area contributed by atoms with Crippen molar-refractivity contribution in [2.75, 3.05) is 25.1 Å². The third-order valence-corrected chi connectivity index (χ3v) is 6.76. The fourth-order valence-corrected chi connectivity index (χ4v) is 4.68. The molecule has 2 aromatic heterocycles. The van der Waals surface area contributed by atoms with E-state index in [4.69, 9.17) is 15.6 Å². The van der Waals surface area contributed by atoms with Crippen LogP contribution in [-0.2, 0) is 4.74 Å². The highest BCUT2D eigenvalue weighted by Gasteiger charge is 2.22. The first-order valence-corrected chi connectivity index (χ1v) is 12.8. The molecule has 7 nitrogen and oxygen atoms in total. The molecule has 1 aromatic carbocycles. The number of fused-ring (bicyclic) bond motifs is 1. The summed E-state index contributed by atoms with van der Waals surface area (Å²) in [5, 5.41) is 6.91. The van der Waals surface area contributed by atoms with Crippen LogP contribution in [0.4, 0.5) is 5.69 Å². The van der Waals surface area contributed by atoms with Crippen molar-refractivity contribution in [3.63, 3.8) is 0 Å². The lowest BCUT2D eigenvalue weighted by atomic mass is 9.98. The Labute approximate surface area is 223 Å². The van der Waals surface area contributed by atoms with Gasteiger partial charge in [0.05, 0.1) is 23.7 Å². The number of carbonyl (C=O) groups is 1. The molecule has 0 aliphatic carbocycles. The first-order valence-electron chi connectivity index (χ1n) is 12.8. The van der Waals surface area contributed by atoms with E-state index in [1.165, 1.54) is 0 Å². The molecule has 0 bridgehead atoms. The van der Waals surface area contributed by atoms with Crippen molar-refractivity contribution in [2.45, 2.75) is 40.2 Å². The van der Waals surface area contributed by atoms with Crippen LogP contribution in [0.15, 0.2) is 57.9 Å². The Morgan fingerprint density at radius 3 is 2.87 bits per heavy atom. The first kappa shape index (κ1) is 26.9. The number of hydrogen-bond donors (Lipinski definition) is 2. The fraction of sp³-hybridized carbons (Fsp3) is 0.323. The number of hydrogen-bond acceptors (Lipinski definition) is 6. The summed E-state index contributed by atoms with van der Waals surface area (Å²) >= 11 is 0. The number of terminal acetylenes is 1. The Morgan fingerprint density at radius 1 is 1.34 bits per heavy atom. The highest BCUT2D eigenvalue weighted by Crippen LogP contribution is 2.31. The molecule has 1 fully saturated rings. The second-order valence-corrected chi connectivity index (χ2v) is 9.57. The molecule has 0 radical (unpaired) electrons. The molecule has 4 rings (SSSR count). The van der Waals surface area contributed by atoms with Crippen LogP contribution < -0.4 is 16.1 Å². The summed E-state index contributed by atoms with van der Waals surface area (Å²) in [6.45, 7) is 9.47. The summed E-state index contributed by atoms with van der Waals surface area (Å²) in [5.74, 6) is 3.03. The predicted octanol–water partition coefficient (Wildman–Crippen LogP) is 5.34. The molecule has 2 atom stereocenters. The molecule has 1 unspecified atom stereocenters. The SMILES string of the molecule is C#C/C=C\C(=C/C)c1oc2c(C(C)Nc3cccnc3C(=O)NC[C@H]3CCOC3)cc(C)cc2c(=O)c1C. The normalized spacial score (nSPS) is 16.5. The summed E-state index contributed by atoms with van der Waals surface area (Å²) in [6, 6.07) is 7.14. The molecule has 1 amide bonds. The smallest absolute Gasteiger partial charge is 0.272 e. The molecule has 0 saturated carbocycles. The van der Waals surface area contributed by atoms with Crippen LogP contribution in [0.5, 0.6) is 0 Å². The van der Waals surface area contributed by atoms with Gasteiger partial charge in [0.1, 0.15) is 11.3 Å². The maximum atomic E-state index is 13.4. The zero-order valence-electron chi connectivity index (χ0n) is 22.3.